The lowest BCUT2D eigenvalue weighted by Gasteiger charge is -2.08. The number of hydrogen-bond donors (Lipinski definition) is 0. The van der Waals surface area contributed by atoms with E-state index in [-0.39, 0.29) is 0 Å². The fourth-order valence-electron chi connectivity index (χ4n) is 1.82. The van der Waals surface area contributed by atoms with Crippen LogP contribution in [0.2, 0.25) is 0 Å². The van der Waals surface area contributed by atoms with Crippen LogP contribution in [0.3, 0.4) is 0 Å². The summed E-state index contributed by atoms with van der Waals surface area (Å²) in [7, 11) is 0. The van der Waals surface area contributed by atoms with Gasteiger partial charge < -0.3 is 4.74 Å². The monoisotopic (exact) mass is 314 g/mol. The van der Waals surface area contributed by atoms with Gasteiger partial charge in [-0.1, -0.05) is 30.3 Å². The first-order valence-corrected chi connectivity index (χ1v) is 6.67. The van der Waals surface area contributed by atoms with Crippen molar-refractivity contribution in [3.8, 4) is 11.8 Å². The number of ether oxygens (including phenoxy) is 1. The van der Waals surface area contributed by atoms with Crippen LogP contribution < -0.4 is 4.74 Å². The van der Waals surface area contributed by atoms with Gasteiger partial charge in [0.05, 0.1) is 4.47 Å². The number of halogens is 1. The van der Waals surface area contributed by atoms with Crippen molar-refractivity contribution in [3.63, 3.8) is 0 Å². The van der Waals surface area contributed by atoms with E-state index in [2.05, 4.69) is 32.0 Å². The summed E-state index contributed by atoms with van der Waals surface area (Å²) in [6.45, 7) is 1.94. The SMILES string of the molecule is Cc1cnc(Oc2ccc3ccccc3c2Br)nc1. The topological polar surface area (TPSA) is 35.0 Å². The van der Waals surface area contributed by atoms with E-state index < -0.39 is 0 Å². The van der Waals surface area contributed by atoms with Gasteiger partial charge >= 0.3 is 6.01 Å². The minimum Gasteiger partial charge on any atom is -0.423 e. The van der Waals surface area contributed by atoms with Crippen LogP contribution >= 0.6 is 15.9 Å². The van der Waals surface area contributed by atoms with Crippen LogP contribution in [0.25, 0.3) is 10.8 Å². The molecule has 0 unspecified atom stereocenters. The van der Waals surface area contributed by atoms with E-state index in [0.29, 0.717) is 11.8 Å². The molecule has 0 bridgehead atoms. The number of hydrogen-bond acceptors (Lipinski definition) is 3. The second-order valence-electron chi connectivity index (χ2n) is 4.24. The highest BCUT2D eigenvalue weighted by molar-refractivity contribution is 9.10. The lowest BCUT2D eigenvalue weighted by Crippen LogP contribution is -1.92. The summed E-state index contributed by atoms with van der Waals surface area (Å²) in [5.74, 6) is 0.711. The van der Waals surface area contributed by atoms with Gasteiger partial charge in [0.25, 0.3) is 0 Å². The van der Waals surface area contributed by atoms with Crippen LogP contribution in [0.15, 0.2) is 53.3 Å². The summed E-state index contributed by atoms with van der Waals surface area (Å²) in [4.78, 5) is 8.28. The Balaban J connectivity index is 2.01. The fourth-order valence-corrected chi connectivity index (χ4v) is 2.40. The Hall–Kier alpha value is -1.94. The normalized spacial score (nSPS) is 10.6. The zero-order chi connectivity index (χ0) is 13.2. The third-order valence-corrected chi connectivity index (χ3v) is 3.60. The zero-order valence-electron chi connectivity index (χ0n) is 10.3. The number of benzene rings is 2. The molecule has 0 N–H and O–H groups in total. The molecular weight excluding hydrogens is 304 g/mol. The third-order valence-electron chi connectivity index (χ3n) is 2.79. The molecule has 19 heavy (non-hydrogen) atoms. The highest BCUT2D eigenvalue weighted by Crippen LogP contribution is 2.34. The zero-order valence-corrected chi connectivity index (χ0v) is 11.9. The molecule has 0 saturated heterocycles. The smallest absolute Gasteiger partial charge is 0.321 e. The first kappa shape index (κ1) is 12.1. The largest absolute Gasteiger partial charge is 0.423 e. The van der Waals surface area contributed by atoms with E-state index in [9.17, 15) is 0 Å². The van der Waals surface area contributed by atoms with Gasteiger partial charge in [-0.25, -0.2) is 9.97 Å². The van der Waals surface area contributed by atoms with Gasteiger partial charge in [-0.3, -0.25) is 0 Å². The lowest BCUT2D eigenvalue weighted by molar-refractivity contribution is 0.439. The quantitative estimate of drug-likeness (QED) is 0.699. The molecule has 94 valence electrons. The average molecular weight is 315 g/mol. The third kappa shape index (κ3) is 2.44. The molecule has 3 rings (SSSR count). The summed E-state index contributed by atoms with van der Waals surface area (Å²) in [5, 5.41) is 2.26. The van der Waals surface area contributed by atoms with Crippen LogP contribution in [0.4, 0.5) is 0 Å². The summed E-state index contributed by atoms with van der Waals surface area (Å²) >= 11 is 3.57. The minimum absolute atomic E-state index is 0.349. The summed E-state index contributed by atoms with van der Waals surface area (Å²) in [6.07, 6.45) is 3.47. The molecule has 0 radical (unpaired) electrons. The van der Waals surface area contributed by atoms with Crippen molar-refractivity contribution in [2.75, 3.05) is 0 Å². The predicted octanol–water partition coefficient (Wildman–Crippen LogP) is 4.49. The van der Waals surface area contributed by atoms with E-state index in [1.807, 2.05) is 37.3 Å². The van der Waals surface area contributed by atoms with Crippen LogP contribution in [0.5, 0.6) is 11.8 Å². The Bertz CT molecular complexity index is 726. The second kappa shape index (κ2) is 4.97. The predicted molar refractivity (Wildman–Crippen MR) is 78.5 cm³/mol. The van der Waals surface area contributed by atoms with Crippen molar-refractivity contribution in [1.82, 2.24) is 9.97 Å². The maximum atomic E-state index is 5.70. The van der Waals surface area contributed by atoms with Crippen molar-refractivity contribution >= 4 is 26.7 Å². The Morgan fingerprint density at radius 1 is 1.00 bits per heavy atom. The van der Waals surface area contributed by atoms with E-state index >= 15 is 0 Å². The maximum absolute atomic E-state index is 5.70. The Morgan fingerprint density at radius 2 is 1.74 bits per heavy atom. The van der Waals surface area contributed by atoms with E-state index in [1.165, 1.54) is 0 Å². The van der Waals surface area contributed by atoms with E-state index in [1.54, 1.807) is 12.4 Å². The van der Waals surface area contributed by atoms with Gasteiger partial charge in [0.15, 0.2) is 0 Å². The van der Waals surface area contributed by atoms with Crippen molar-refractivity contribution in [2.45, 2.75) is 6.92 Å². The molecule has 1 heterocycles. The van der Waals surface area contributed by atoms with Crippen LogP contribution in [-0.2, 0) is 0 Å². The van der Waals surface area contributed by atoms with Crippen LogP contribution in [-0.4, -0.2) is 9.97 Å². The van der Waals surface area contributed by atoms with Crippen LogP contribution in [0, 0.1) is 6.92 Å². The molecule has 0 fully saturated rings. The van der Waals surface area contributed by atoms with Crippen molar-refractivity contribution in [2.24, 2.45) is 0 Å². The fraction of sp³-hybridized carbons (Fsp3) is 0.0667. The minimum atomic E-state index is 0.349. The second-order valence-corrected chi connectivity index (χ2v) is 5.04. The molecule has 2 aromatic carbocycles. The summed E-state index contributed by atoms with van der Waals surface area (Å²) < 4.78 is 6.61. The van der Waals surface area contributed by atoms with E-state index in [0.717, 1.165) is 20.8 Å². The molecule has 1 aromatic heterocycles. The molecule has 3 aromatic rings. The first-order valence-electron chi connectivity index (χ1n) is 5.88. The Labute approximate surface area is 119 Å². The molecule has 0 aliphatic rings. The summed E-state index contributed by atoms with van der Waals surface area (Å²) in [6, 6.07) is 12.4. The molecule has 0 amide bonds. The van der Waals surface area contributed by atoms with Crippen molar-refractivity contribution in [3.05, 3.63) is 58.8 Å². The standard InChI is InChI=1S/C15H11BrN2O/c1-10-8-17-15(18-9-10)19-13-7-6-11-4-2-3-5-12(11)14(13)16/h2-9H,1H3. The van der Waals surface area contributed by atoms with Gasteiger partial charge in [0.2, 0.25) is 0 Å². The molecule has 0 saturated carbocycles. The summed E-state index contributed by atoms with van der Waals surface area (Å²) in [5.41, 5.74) is 1.00. The van der Waals surface area contributed by atoms with Gasteiger partial charge in [-0.05, 0) is 45.3 Å². The molecule has 3 nitrogen and oxygen atoms in total. The van der Waals surface area contributed by atoms with Gasteiger partial charge in [0.1, 0.15) is 5.75 Å². The van der Waals surface area contributed by atoms with Gasteiger partial charge in [0, 0.05) is 12.4 Å². The highest BCUT2D eigenvalue weighted by Gasteiger charge is 2.08. The molecular formula is C15H11BrN2O. The van der Waals surface area contributed by atoms with Gasteiger partial charge in [-0.15, -0.1) is 0 Å². The lowest BCUT2D eigenvalue weighted by atomic mass is 10.1. The number of aromatic nitrogens is 2. The van der Waals surface area contributed by atoms with Crippen molar-refractivity contribution < 1.29 is 4.74 Å². The Morgan fingerprint density at radius 3 is 2.53 bits per heavy atom. The molecule has 0 spiro atoms. The molecule has 0 atom stereocenters. The number of rotatable bonds is 2. The maximum Gasteiger partial charge on any atom is 0.321 e. The number of fused-ring (bicyclic) bond motifs is 1. The number of aryl methyl sites for hydroxylation is 1. The molecule has 0 aliphatic heterocycles. The highest BCUT2D eigenvalue weighted by atomic mass is 79.9. The average Bonchev–Trinajstić information content (AvgIpc) is 2.45. The van der Waals surface area contributed by atoms with Gasteiger partial charge in [-0.2, -0.15) is 0 Å². The first-order chi connectivity index (χ1) is 9.24. The molecule has 4 heteroatoms. The van der Waals surface area contributed by atoms with Crippen molar-refractivity contribution in [1.29, 1.82) is 0 Å². The Kier molecular flexibility index (Phi) is 3.17. The molecule has 0 aliphatic carbocycles. The van der Waals surface area contributed by atoms with E-state index in [4.69, 9.17) is 4.74 Å². The van der Waals surface area contributed by atoms with Crippen LogP contribution in [0.1, 0.15) is 5.56 Å². The number of nitrogens with zero attached hydrogens (tertiary/aromatic N) is 2.